The van der Waals surface area contributed by atoms with Crippen molar-refractivity contribution in [1.29, 1.82) is 0 Å². The van der Waals surface area contributed by atoms with E-state index in [2.05, 4.69) is 34.1 Å². The lowest BCUT2D eigenvalue weighted by Gasteiger charge is -2.09. The van der Waals surface area contributed by atoms with Crippen LogP contribution >= 0.6 is 11.8 Å². The molecule has 0 saturated carbocycles. The SMILES string of the molecule is CCn1c(SCC(=O)Nc2cccc(C(=O)OC)c2)nnc1C(C)C. The molecule has 1 amide bonds. The summed E-state index contributed by atoms with van der Waals surface area (Å²) < 4.78 is 6.69. The Hall–Kier alpha value is -2.35. The summed E-state index contributed by atoms with van der Waals surface area (Å²) >= 11 is 1.34. The normalized spacial score (nSPS) is 10.8. The van der Waals surface area contributed by atoms with Crippen LogP contribution in [0.3, 0.4) is 0 Å². The summed E-state index contributed by atoms with van der Waals surface area (Å²) in [5, 5.41) is 11.9. The Morgan fingerprint density at radius 2 is 2.08 bits per heavy atom. The van der Waals surface area contributed by atoms with Gasteiger partial charge < -0.3 is 14.6 Å². The van der Waals surface area contributed by atoms with Crippen LogP contribution in [0.15, 0.2) is 29.4 Å². The molecule has 0 bridgehead atoms. The average Bonchev–Trinajstić information content (AvgIpc) is 3.02. The minimum atomic E-state index is -0.442. The van der Waals surface area contributed by atoms with Crippen LogP contribution in [0.4, 0.5) is 5.69 Å². The van der Waals surface area contributed by atoms with E-state index in [1.165, 1.54) is 18.9 Å². The summed E-state index contributed by atoms with van der Waals surface area (Å²) in [6, 6.07) is 6.63. The van der Waals surface area contributed by atoms with Crippen molar-refractivity contribution in [3.63, 3.8) is 0 Å². The number of carbonyl (C=O) groups excluding carboxylic acids is 2. The van der Waals surface area contributed by atoms with E-state index in [1.807, 2.05) is 11.5 Å². The summed E-state index contributed by atoms with van der Waals surface area (Å²) in [6.45, 7) is 6.90. The van der Waals surface area contributed by atoms with E-state index in [0.29, 0.717) is 11.3 Å². The van der Waals surface area contributed by atoms with Gasteiger partial charge in [-0.2, -0.15) is 0 Å². The number of hydrogen-bond donors (Lipinski definition) is 1. The average molecular weight is 362 g/mol. The van der Waals surface area contributed by atoms with Crippen molar-refractivity contribution in [2.75, 3.05) is 18.2 Å². The largest absolute Gasteiger partial charge is 0.465 e. The van der Waals surface area contributed by atoms with E-state index in [0.717, 1.165) is 17.5 Å². The van der Waals surface area contributed by atoms with Crippen molar-refractivity contribution >= 4 is 29.3 Å². The molecule has 0 spiro atoms. The van der Waals surface area contributed by atoms with Gasteiger partial charge in [0.05, 0.1) is 18.4 Å². The molecule has 2 rings (SSSR count). The number of esters is 1. The molecule has 0 aliphatic carbocycles. The van der Waals surface area contributed by atoms with Gasteiger partial charge in [-0.25, -0.2) is 4.79 Å². The molecule has 0 aliphatic rings. The zero-order chi connectivity index (χ0) is 18.4. The van der Waals surface area contributed by atoms with Gasteiger partial charge in [-0.05, 0) is 25.1 Å². The lowest BCUT2D eigenvalue weighted by Crippen LogP contribution is -2.15. The van der Waals surface area contributed by atoms with E-state index in [9.17, 15) is 9.59 Å². The molecule has 0 unspecified atom stereocenters. The first-order chi connectivity index (χ1) is 12.0. The molecule has 25 heavy (non-hydrogen) atoms. The molecule has 134 valence electrons. The third-order valence-corrected chi connectivity index (χ3v) is 4.44. The lowest BCUT2D eigenvalue weighted by molar-refractivity contribution is -0.113. The van der Waals surface area contributed by atoms with Gasteiger partial charge in [-0.3, -0.25) is 4.79 Å². The molecular formula is C17H22N4O3S. The Morgan fingerprint density at radius 3 is 2.72 bits per heavy atom. The molecule has 0 fully saturated rings. The van der Waals surface area contributed by atoms with Crippen molar-refractivity contribution in [2.24, 2.45) is 0 Å². The lowest BCUT2D eigenvalue weighted by atomic mass is 10.2. The number of aromatic nitrogens is 3. The van der Waals surface area contributed by atoms with Crippen molar-refractivity contribution in [1.82, 2.24) is 14.8 Å². The Labute approximate surface area is 151 Å². The number of amides is 1. The Balaban J connectivity index is 1.99. The highest BCUT2D eigenvalue weighted by Crippen LogP contribution is 2.21. The zero-order valence-corrected chi connectivity index (χ0v) is 15.6. The van der Waals surface area contributed by atoms with Crippen LogP contribution in [0.1, 0.15) is 42.9 Å². The van der Waals surface area contributed by atoms with Gasteiger partial charge in [-0.1, -0.05) is 31.7 Å². The molecule has 7 nitrogen and oxygen atoms in total. The second-order valence-electron chi connectivity index (χ2n) is 5.65. The molecule has 0 aliphatic heterocycles. The van der Waals surface area contributed by atoms with E-state index in [1.54, 1.807) is 24.3 Å². The number of rotatable bonds is 7. The highest BCUT2D eigenvalue weighted by Gasteiger charge is 2.15. The van der Waals surface area contributed by atoms with Crippen LogP contribution in [0.25, 0.3) is 0 Å². The maximum atomic E-state index is 12.2. The zero-order valence-electron chi connectivity index (χ0n) is 14.8. The minimum absolute atomic E-state index is 0.177. The molecule has 8 heteroatoms. The standard InChI is InChI=1S/C17H22N4O3S/c1-5-21-15(11(2)3)19-20-17(21)25-10-14(22)18-13-8-6-7-12(9-13)16(23)24-4/h6-9,11H,5,10H2,1-4H3,(H,18,22). The van der Waals surface area contributed by atoms with E-state index >= 15 is 0 Å². The first-order valence-corrected chi connectivity index (χ1v) is 8.99. The first-order valence-electron chi connectivity index (χ1n) is 8.00. The highest BCUT2D eigenvalue weighted by atomic mass is 32.2. The number of ether oxygens (including phenoxy) is 1. The van der Waals surface area contributed by atoms with Crippen LogP contribution in [-0.2, 0) is 16.1 Å². The Morgan fingerprint density at radius 1 is 1.32 bits per heavy atom. The molecule has 0 atom stereocenters. The van der Waals surface area contributed by atoms with Gasteiger partial charge in [0.2, 0.25) is 5.91 Å². The summed E-state index contributed by atoms with van der Waals surface area (Å²) in [5.74, 6) is 0.776. The van der Waals surface area contributed by atoms with E-state index < -0.39 is 5.97 Å². The molecular weight excluding hydrogens is 340 g/mol. The maximum absolute atomic E-state index is 12.2. The molecule has 0 radical (unpaired) electrons. The summed E-state index contributed by atoms with van der Waals surface area (Å²) in [4.78, 5) is 23.7. The minimum Gasteiger partial charge on any atom is -0.465 e. The quantitative estimate of drug-likeness (QED) is 0.602. The fraction of sp³-hybridized carbons (Fsp3) is 0.412. The van der Waals surface area contributed by atoms with Gasteiger partial charge in [0.1, 0.15) is 5.82 Å². The van der Waals surface area contributed by atoms with Crippen LogP contribution in [0, 0.1) is 0 Å². The fourth-order valence-corrected chi connectivity index (χ4v) is 3.11. The predicted octanol–water partition coefficient (Wildman–Crippen LogP) is 2.94. The van der Waals surface area contributed by atoms with Crippen molar-refractivity contribution in [2.45, 2.75) is 38.4 Å². The second kappa shape index (κ2) is 8.66. The van der Waals surface area contributed by atoms with Crippen LogP contribution in [-0.4, -0.2) is 39.5 Å². The fourth-order valence-electron chi connectivity index (χ4n) is 2.30. The first kappa shape index (κ1) is 19.0. The number of anilines is 1. The van der Waals surface area contributed by atoms with Gasteiger partial charge in [-0.15, -0.1) is 10.2 Å². The second-order valence-corrected chi connectivity index (χ2v) is 6.59. The van der Waals surface area contributed by atoms with E-state index in [4.69, 9.17) is 0 Å². The molecule has 1 N–H and O–H groups in total. The number of nitrogens with one attached hydrogen (secondary N) is 1. The number of benzene rings is 1. The molecule has 0 saturated heterocycles. The number of methoxy groups -OCH3 is 1. The summed E-state index contributed by atoms with van der Waals surface area (Å²) in [5.41, 5.74) is 0.939. The maximum Gasteiger partial charge on any atom is 0.337 e. The third kappa shape index (κ3) is 4.82. The van der Waals surface area contributed by atoms with Crippen molar-refractivity contribution in [3.8, 4) is 0 Å². The number of hydrogen-bond acceptors (Lipinski definition) is 6. The van der Waals surface area contributed by atoms with Crippen LogP contribution in [0.5, 0.6) is 0 Å². The van der Waals surface area contributed by atoms with Gasteiger partial charge >= 0.3 is 5.97 Å². The Bertz CT molecular complexity index is 758. The predicted molar refractivity (Wildman–Crippen MR) is 96.9 cm³/mol. The smallest absolute Gasteiger partial charge is 0.337 e. The van der Waals surface area contributed by atoms with Crippen LogP contribution < -0.4 is 5.32 Å². The number of carbonyl (C=O) groups is 2. The van der Waals surface area contributed by atoms with Crippen molar-refractivity contribution in [3.05, 3.63) is 35.7 Å². The monoisotopic (exact) mass is 362 g/mol. The molecule has 1 aromatic carbocycles. The topological polar surface area (TPSA) is 86.1 Å². The molecule has 1 aromatic heterocycles. The van der Waals surface area contributed by atoms with Crippen molar-refractivity contribution < 1.29 is 14.3 Å². The summed E-state index contributed by atoms with van der Waals surface area (Å²) in [6.07, 6.45) is 0. The van der Waals surface area contributed by atoms with Crippen LogP contribution in [0.2, 0.25) is 0 Å². The highest BCUT2D eigenvalue weighted by molar-refractivity contribution is 7.99. The van der Waals surface area contributed by atoms with E-state index in [-0.39, 0.29) is 17.6 Å². The van der Waals surface area contributed by atoms with Gasteiger partial charge in [0, 0.05) is 18.2 Å². The van der Waals surface area contributed by atoms with Gasteiger partial charge in [0.25, 0.3) is 0 Å². The summed E-state index contributed by atoms with van der Waals surface area (Å²) in [7, 11) is 1.32. The molecule has 2 aromatic rings. The Kier molecular flexibility index (Phi) is 6.58. The number of nitrogens with zero attached hydrogens (tertiary/aromatic N) is 3. The molecule has 1 heterocycles. The number of thioether (sulfide) groups is 1. The third-order valence-electron chi connectivity index (χ3n) is 3.48. The van der Waals surface area contributed by atoms with Gasteiger partial charge in [0.15, 0.2) is 5.16 Å².